The van der Waals surface area contributed by atoms with Gasteiger partial charge in [-0.05, 0) is 37.5 Å². The highest BCUT2D eigenvalue weighted by molar-refractivity contribution is 5.91. The first-order valence-corrected chi connectivity index (χ1v) is 7.72. The van der Waals surface area contributed by atoms with Crippen LogP contribution in [0.15, 0.2) is 54.9 Å². The Kier molecular flexibility index (Phi) is 4.38. The van der Waals surface area contributed by atoms with Crippen LogP contribution in [0.2, 0.25) is 0 Å². The summed E-state index contributed by atoms with van der Waals surface area (Å²) in [7, 11) is 0. The molecule has 120 valence electrons. The second-order valence-corrected chi connectivity index (χ2v) is 5.70. The molecule has 3 aromatic rings. The minimum absolute atomic E-state index is 0.329. The first-order chi connectivity index (χ1) is 11.6. The number of nitrogens with zero attached hydrogens (tertiary/aromatic N) is 2. The number of rotatable bonds is 3. The molecule has 0 N–H and O–H groups in total. The molecule has 1 heterocycles. The predicted octanol–water partition coefficient (Wildman–Crippen LogP) is 4.29. The third-order valence-electron chi connectivity index (χ3n) is 3.99. The van der Waals surface area contributed by atoms with Gasteiger partial charge in [0.05, 0.1) is 5.56 Å². The van der Waals surface area contributed by atoms with Gasteiger partial charge in [0.2, 0.25) is 0 Å². The van der Waals surface area contributed by atoms with E-state index < -0.39 is 5.97 Å². The van der Waals surface area contributed by atoms with Crippen LogP contribution in [0.1, 0.15) is 27.0 Å². The van der Waals surface area contributed by atoms with Gasteiger partial charge >= 0.3 is 5.97 Å². The summed E-state index contributed by atoms with van der Waals surface area (Å²) in [4.78, 5) is 20.9. The van der Waals surface area contributed by atoms with Crippen molar-refractivity contribution in [2.45, 2.75) is 20.8 Å². The van der Waals surface area contributed by atoms with Crippen LogP contribution >= 0.6 is 0 Å². The smallest absolute Gasteiger partial charge is 0.346 e. The van der Waals surface area contributed by atoms with Crippen LogP contribution in [-0.4, -0.2) is 15.9 Å². The van der Waals surface area contributed by atoms with Crippen molar-refractivity contribution in [2.75, 3.05) is 0 Å². The van der Waals surface area contributed by atoms with Crippen LogP contribution in [0, 0.1) is 20.8 Å². The Morgan fingerprint density at radius 2 is 1.50 bits per heavy atom. The average Bonchev–Trinajstić information content (AvgIpc) is 2.63. The zero-order chi connectivity index (χ0) is 17.1. The van der Waals surface area contributed by atoms with E-state index in [1.807, 2.05) is 63.2 Å². The molecule has 0 fully saturated rings. The third-order valence-corrected chi connectivity index (χ3v) is 3.99. The molecule has 0 atom stereocenters. The Bertz CT molecular complexity index is 872. The molecule has 1 aromatic heterocycles. The van der Waals surface area contributed by atoms with Crippen molar-refractivity contribution in [3.63, 3.8) is 0 Å². The zero-order valence-corrected chi connectivity index (χ0v) is 13.9. The Balaban J connectivity index is 1.83. The van der Waals surface area contributed by atoms with Crippen LogP contribution in [0.4, 0.5) is 0 Å². The summed E-state index contributed by atoms with van der Waals surface area (Å²) >= 11 is 0. The molecule has 0 aliphatic rings. The van der Waals surface area contributed by atoms with Gasteiger partial charge in [0.1, 0.15) is 5.75 Å². The summed E-state index contributed by atoms with van der Waals surface area (Å²) in [5, 5.41) is 0. The maximum Gasteiger partial charge on any atom is 0.346 e. The predicted molar refractivity (Wildman–Crippen MR) is 93.1 cm³/mol. The van der Waals surface area contributed by atoms with E-state index in [9.17, 15) is 4.79 Å². The molecule has 0 aliphatic heterocycles. The monoisotopic (exact) mass is 318 g/mol. The van der Waals surface area contributed by atoms with Crippen molar-refractivity contribution in [1.82, 2.24) is 9.97 Å². The van der Waals surface area contributed by atoms with E-state index in [1.54, 1.807) is 0 Å². The van der Waals surface area contributed by atoms with Gasteiger partial charge < -0.3 is 4.74 Å². The molecule has 0 radical (unpaired) electrons. The number of carbonyl (C=O) groups is 1. The fourth-order valence-electron chi connectivity index (χ4n) is 2.40. The molecule has 0 amide bonds. The Morgan fingerprint density at radius 3 is 2.17 bits per heavy atom. The molecular weight excluding hydrogens is 300 g/mol. The maximum absolute atomic E-state index is 12.4. The van der Waals surface area contributed by atoms with Gasteiger partial charge in [0.15, 0.2) is 5.82 Å². The van der Waals surface area contributed by atoms with Gasteiger partial charge in [-0.2, -0.15) is 0 Å². The maximum atomic E-state index is 12.4. The van der Waals surface area contributed by atoms with E-state index >= 15 is 0 Å². The van der Waals surface area contributed by atoms with E-state index in [1.165, 1.54) is 12.4 Å². The number of carbonyl (C=O) groups excluding carboxylic acids is 1. The standard InChI is InChI=1S/C20H18N2O2/c1-13-9-10-14(2)18(15(13)3)24-20(23)17-11-21-19(22-12-17)16-7-5-4-6-8-16/h4-12H,1-3H3. The first-order valence-electron chi connectivity index (χ1n) is 7.72. The number of benzene rings is 2. The molecule has 0 spiro atoms. The summed E-state index contributed by atoms with van der Waals surface area (Å²) in [5.74, 6) is 0.730. The van der Waals surface area contributed by atoms with E-state index in [0.717, 1.165) is 22.3 Å². The lowest BCUT2D eigenvalue weighted by molar-refractivity contribution is 0.0731. The molecule has 4 nitrogen and oxygen atoms in total. The van der Waals surface area contributed by atoms with Crippen molar-refractivity contribution in [3.8, 4) is 17.1 Å². The summed E-state index contributed by atoms with van der Waals surface area (Å²) in [6, 6.07) is 13.6. The number of hydrogen-bond acceptors (Lipinski definition) is 4. The molecular formula is C20H18N2O2. The van der Waals surface area contributed by atoms with Gasteiger partial charge in [-0.1, -0.05) is 42.5 Å². The summed E-state index contributed by atoms with van der Waals surface area (Å²) in [6.45, 7) is 5.86. The molecule has 0 unspecified atom stereocenters. The fraction of sp³-hybridized carbons (Fsp3) is 0.150. The van der Waals surface area contributed by atoms with Gasteiger partial charge in [0.25, 0.3) is 0 Å². The molecule has 4 heteroatoms. The SMILES string of the molecule is Cc1ccc(C)c(OC(=O)c2cnc(-c3ccccc3)nc2)c1C. The number of ether oxygens (including phenoxy) is 1. The fourth-order valence-corrected chi connectivity index (χ4v) is 2.40. The zero-order valence-electron chi connectivity index (χ0n) is 13.9. The van der Waals surface area contributed by atoms with Crippen LogP contribution in [-0.2, 0) is 0 Å². The average molecular weight is 318 g/mol. The highest BCUT2D eigenvalue weighted by atomic mass is 16.5. The van der Waals surface area contributed by atoms with Gasteiger partial charge in [-0.25, -0.2) is 14.8 Å². The van der Waals surface area contributed by atoms with Crippen LogP contribution in [0.5, 0.6) is 5.75 Å². The highest BCUT2D eigenvalue weighted by Gasteiger charge is 2.14. The van der Waals surface area contributed by atoms with E-state index in [0.29, 0.717) is 17.1 Å². The lowest BCUT2D eigenvalue weighted by atomic mass is 10.1. The van der Waals surface area contributed by atoms with E-state index in [4.69, 9.17) is 4.74 Å². The van der Waals surface area contributed by atoms with Crippen molar-refractivity contribution >= 4 is 5.97 Å². The Hall–Kier alpha value is -3.01. The normalized spacial score (nSPS) is 10.5. The Labute approximate surface area is 141 Å². The molecule has 0 bridgehead atoms. The number of hydrogen-bond donors (Lipinski definition) is 0. The summed E-state index contributed by atoms with van der Waals surface area (Å²) in [5.41, 5.74) is 4.20. The van der Waals surface area contributed by atoms with Crippen LogP contribution < -0.4 is 4.74 Å². The number of aryl methyl sites for hydroxylation is 2. The van der Waals surface area contributed by atoms with E-state index in [2.05, 4.69) is 9.97 Å². The van der Waals surface area contributed by atoms with Gasteiger partial charge in [-0.3, -0.25) is 0 Å². The topological polar surface area (TPSA) is 52.1 Å². The number of aromatic nitrogens is 2. The summed E-state index contributed by atoms with van der Waals surface area (Å²) < 4.78 is 5.57. The minimum atomic E-state index is -0.452. The largest absolute Gasteiger partial charge is 0.422 e. The number of esters is 1. The Morgan fingerprint density at radius 1 is 0.875 bits per heavy atom. The van der Waals surface area contributed by atoms with Gasteiger partial charge in [0, 0.05) is 18.0 Å². The first kappa shape index (κ1) is 15.9. The second-order valence-electron chi connectivity index (χ2n) is 5.70. The lowest BCUT2D eigenvalue weighted by Gasteiger charge is -2.12. The van der Waals surface area contributed by atoms with Crippen molar-refractivity contribution in [3.05, 3.63) is 77.1 Å². The third kappa shape index (κ3) is 3.18. The quantitative estimate of drug-likeness (QED) is 0.534. The molecule has 24 heavy (non-hydrogen) atoms. The van der Waals surface area contributed by atoms with Crippen molar-refractivity contribution in [1.29, 1.82) is 0 Å². The van der Waals surface area contributed by atoms with Crippen molar-refractivity contribution in [2.24, 2.45) is 0 Å². The van der Waals surface area contributed by atoms with Crippen LogP contribution in [0.25, 0.3) is 11.4 Å². The van der Waals surface area contributed by atoms with E-state index in [-0.39, 0.29) is 0 Å². The molecule has 0 saturated heterocycles. The second kappa shape index (κ2) is 6.62. The molecule has 0 aliphatic carbocycles. The van der Waals surface area contributed by atoms with Crippen LogP contribution in [0.3, 0.4) is 0 Å². The molecule has 0 saturated carbocycles. The minimum Gasteiger partial charge on any atom is -0.422 e. The van der Waals surface area contributed by atoms with Crippen molar-refractivity contribution < 1.29 is 9.53 Å². The van der Waals surface area contributed by atoms with Gasteiger partial charge in [-0.15, -0.1) is 0 Å². The molecule has 3 rings (SSSR count). The lowest BCUT2D eigenvalue weighted by Crippen LogP contribution is -2.11. The highest BCUT2D eigenvalue weighted by Crippen LogP contribution is 2.26. The molecule has 2 aromatic carbocycles. The summed E-state index contributed by atoms with van der Waals surface area (Å²) in [6.07, 6.45) is 3.00.